The molecule has 10 rings (SSSR count). The van der Waals surface area contributed by atoms with Gasteiger partial charge >= 0.3 is 0 Å². The lowest BCUT2D eigenvalue weighted by atomic mass is 9.73. The van der Waals surface area contributed by atoms with Gasteiger partial charge in [-0.2, -0.15) is 0 Å². The minimum Gasteiger partial charge on any atom is -0.311 e. The van der Waals surface area contributed by atoms with E-state index in [4.69, 9.17) is 0 Å². The van der Waals surface area contributed by atoms with E-state index in [0.29, 0.717) is 0 Å². The summed E-state index contributed by atoms with van der Waals surface area (Å²) in [4.78, 5) is 4.79. The Hall–Kier alpha value is -7.16. The largest absolute Gasteiger partial charge is 0.311 e. The van der Waals surface area contributed by atoms with Gasteiger partial charge < -0.3 is 9.80 Å². The molecular formula is C55H42N2. The van der Waals surface area contributed by atoms with E-state index >= 15 is 0 Å². The van der Waals surface area contributed by atoms with Crippen LogP contribution in [0.1, 0.15) is 25.0 Å². The molecule has 0 N–H and O–H groups in total. The first-order valence-corrected chi connectivity index (χ1v) is 19.8. The summed E-state index contributed by atoms with van der Waals surface area (Å²) in [6, 6.07) is 79.3. The smallest absolute Gasteiger partial charge is 0.0503 e. The molecule has 0 saturated carbocycles. The fourth-order valence-corrected chi connectivity index (χ4v) is 8.59. The first kappa shape index (κ1) is 34.3. The highest BCUT2D eigenvalue weighted by Gasteiger charge is 2.37. The SMILES string of the molecule is CC1(C)c2ccccc2N(c2ccc3ccccc3c2)c2ccc(-c3ccc(N(c4ccc(-c5ccccc5)cc4)c4ccc(-c5ccccc5)cc4)cc3)cc21. The highest BCUT2D eigenvalue weighted by molar-refractivity contribution is 5.93. The summed E-state index contributed by atoms with van der Waals surface area (Å²) < 4.78 is 0. The van der Waals surface area contributed by atoms with Crippen molar-refractivity contribution in [2.45, 2.75) is 19.3 Å². The minimum atomic E-state index is -0.191. The molecule has 2 heteroatoms. The standard InChI is InChI=1S/C55H42N2/c1-55(2)51-19-11-12-20-53(51)57(50-35-27-41-17-9-10-18-45(41)37-50)54-36-28-46(38-52(54)55)44-25-33-49(34-26-44)56(47-29-21-42(22-30-47)39-13-5-3-6-14-39)48-31-23-43(24-32-48)40-15-7-4-8-16-40/h3-38H,1-2H3. The van der Waals surface area contributed by atoms with Crippen molar-refractivity contribution in [2.24, 2.45) is 0 Å². The summed E-state index contributed by atoms with van der Waals surface area (Å²) in [6.45, 7) is 4.72. The van der Waals surface area contributed by atoms with Gasteiger partial charge in [-0.05, 0) is 122 Å². The van der Waals surface area contributed by atoms with E-state index in [1.807, 2.05) is 0 Å². The Morgan fingerprint density at radius 3 is 1.35 bits per heavy atom. The zero-order valence-electron chi connectivity index (χ0n) is 32.2. The number of benzene rings is 9. The fourth-order valence-electron chi connectivity index (χ4n) is 8.59. The summed E-state index contributed by atoms with van der Waals surface area (Å²) in [6.07, 6.45) is 0. The van der Waals surface area contributed by atoms with Crippen molar-refractivity contribution in [3.8, 4) is 33.4 Å². The van der Waals surface area contributed by atoms with Crippen LogP contribution in [0, 0.1) is 0 Å². The fraction of sp³-hybridized carbons (Fsp3) is 0.0545. The number of nitrogens with zero attached hydrogens (tertiary/aromatic N) is 2. The number of fused-ring (bicyclic) bond motifs is 3. The van der Waals surface area contributed by atoms with Crippen molar-refractivity contribution in [1.82, 2.24) is 0 Å². The molecule has 0 spiro atoms. The van der Waals surface area contributed by atoms with Gasteiger partial charge in [0.2, 0.25) is 0 Å². The second-order valence-electron chi connectivity index (χ2n) is 15.4. The number of rotatable bonds is 7. The predicted molar refractivity (Wildman–Crippen MR) is 242 cm³/mol. The topological polar surface area (TPSA) is 6.48 Å². The molecule has 0 fully saturated rings. The van der Waals surface area contributed by atoms with Gasteiger partial charge in [0.05, 0.1) is 11.4 Å². The summed E-state index contributed by atoms with van der Waals surface area (Å²) in [5.41, 5.74) is 16.6. The van der Waals surface area contributed by atoms with Gasteiger partial charge in [-0.15, -0.1) is 0 Å². The van der Waals surface area contributed by atoms with Gasteiger partial charge in [0, 0.05) is 28.2 Å². The molecule has 9 aromatic carbocycles. The molecule has 0 atom stereocenters. The summed E-state index contributed by atoms with van der Waals surface area (Å²) in [5.74, 6) is 0. The van der Waals surface area contributed by atoms with Crippen molar-refractivity contribution in [1.29, 1.82) is 0 Å². The lowest BCUT2D eigenvalue weighted by Crippen LogP contribution is -2.30. The minimum absolute atomic E-state index is 0.191. The van der Waals surface area contributed by atoms with E-state index in [1.165, 1.54) is 72.3 Å². The molecule has 0 aromatic heterocycles. The zero-order chi connectivity index (χ0) is 38.3. The Balaban J connectivity index is 1.03. The van der Waals surface area contributed by atoms with Gasteiger partial charge in [-0.25, -0.2) is 0 Å². The maximum atomic E-state index is 2.44. The lowest BCUT2D eigenvalue weighted by molar-refractivity contribution is 0.632. The third kappa shape index (κ3) is 6.26. The van der Waals surface area contributed by atoms with E-state index in [1.54, 1.807) is 0 Å². The van der Waals surface area contributed by atoms with Gasteiger partial charge in [0.1, 0.15) is 0 Å². The maximum Gasteiger partial charge on any atom is 0.0503 e. The van der Waals surface area contributed by atoms with Crippen LogP contribution in [0.3, 0.4) is 0 Å². The van der Waals surface area contributed by atoms with E-state index in [9.17, 15) is 0 Å². The Bertz CT molecular complexity index is 2760. The summed E-state index contributed by atoms with van der Waals surface area (Å²) >= 11 is 0. The highest BCUT2D eigenvalue weighted by atomic mass is 15.2. The molecule has 0 aliphatic carbocycles. The Morgan fingerprint density at radius 2 is 0.772 bits per heavy atom. The van der Waals surface area contributed by atoms with Gasteiger partial charge in [0.25, 0.3) is 0 Å². The van der Waals surface area contributed by atoms with Crippen molar-refractivity contribution in [3.63, 3.8) is 0 Å². The third-order valence-corrected chi connectivity index (χ3v) is 11.6. The lowest BCUT2D eigenvalue weighted by Gasteiger charge is -2.42. The molecule has 9 aromatic rings. The number of para-hydroxylation sites is 1. The van der Waals surface area contributed by atoms with E-state index in [-0.39, 0.29) is 5.41 Å². The molecule has 0 amide bonds. The van der Waals surface area contributed by atoms with Crippen LogP contribution < -0.4 is 9.80 Å². The Labute approximate surface area is 335 Å². The first-order valence-electron chi connectivity index (χ1n) is 19.8. The highest BCUT2D eigenvalue weighted by Crippen LogP contribution is 2.53. The van der Waals surface area contributed by atoms with Crippen molar-refractivity contribution >= 4 is 44.9 Å². The average Bonchev–Trinajstić information content (AvgIpc) is 3.28. The molecule has 2 nitrogen and oxygen atoms in total. The van der Waals surface area contributed by atoms with E-state index in [2.05, 4.69) is 242 Å². The van der Waals surface area contributed by atoms with Crippen molar-refractivity contribution in [2.75, 3.05) is 9.80 Å². The molecule has 1 heterocycles. The quantitative estimate of drug-likeness (QED) is 0.161. The van der Waals surface area contributed by atoms with Crippen molar-refractivity contribution in [3.05, 3.63) is 230 Å². The van der Waals surface area contributed by atoms with Gasteiger partial charge in [-0.1, -0.05) is 166 Å². The van der Waals surface area contributed by atoms with Crippen LogP contribution in [0.4, 0.5) is 34.1 Å². The second kappa shape index (κ2) is 14.2. The number of hydrogen-bond donors (Lipinski definition) is 0. The van der Waals surface area contributed by atoms with Crippen LogP contribution >= 0.6 is 0 Å². The molecule has 0 unspecified atom stereocenters. The zero-order valence-corrected chi connectivity index (χ0v) is 32.2. The molecule has 57 heavy (non-hydrogen) atoms. The van der Waals surface area contributed by atoms with Crippen LogP contribution in [-0.2, 0) is 5.41 Å². The number of anilines is 6. The normalized spacial score (nSPS) is 12.8. The summed E-state index contributed by atoms with van der Waals surface area (Å²) in [7, 11) is 0. The maximum absolute atomic E-state index is 2.44. The van der Waals surface area contributed by atoms with E-state index < -0.39 is 0 Å². The Kier molecular flexibility index (Phi) is 8.53. The number of hydrogen-bond acceptors (Lipinski definition) is 2. The predicted octanol–water partition coefficient (Wildman–Crippen LogP) is 15.4. The average molecular weight is 731 g/mol. The van der Waals surface area contributed by atoms with Crippen LogP contribution in [0.2, 0.25) is 0 Å². The van der Waals surface area contributed by atoms with Crippen LogP contribution in [0.25, 0.3) is 44.2 Å². The van der Waals surface area contributed by atoms with Crippen LogP contribution in [0.15, 0.2) is 218 Å². The van der Waals surface area contributed by atoms with Gasteiger partial charge in [0.15, 0.2) is 0 Å². The molecular weight excluding hydrogens is 689 g/mol. The van der Waals surface area contributed by atoms with Crippen LogP contribution in [-0.4, -0.2) is 0 Å². The molecule has 1 aliphatic rings. The monoisotopic (exact) mass is 730 g/mol. The Morgan fingerprint density at radius 1 is 0.333 bits per heavy atom. The summed E-state index contributed by atoms with van der Waals surface area (Å²) in [5, 5.41) is 2.49. The second-order valence-corrected chi connectivity index (χ2v) is 15.4. The molecule has 0 bridgehead atoms. The molecule has 0 radical (unpaired) electrons. The van der Waals surface area contributed by atoms with Crippen molar-refractivity contribution < 1.29 is 0 Å². The molecule has 1 aliphatic heterocycles. The van der Waals surface area contributed by atoms with Gasteiger partial charge in [-0.3, -0.25) is 0 Å². The van der Waals surface area contributed by atoms with Crippen LogP contribution in [0.5, 0.6) is 0 Å². The molecule has 272 valence electrons. The molecule has 0 saturated heterocycles. The van der Waals surface area contributed by atoms with E-state index in [0.717, 1.165) is 17.1 Å². The first-order chi connectivity index (χ1) is 28.0. The third-order valence-electron chi connectivity index (χ3n) is 11.6.